The first-order valence-electron chi connectivity index (χ1n) is 7.44. The van der Waals surface area contributed by atoms with Crippen molar-refractivity contribution in [2.24, 2.45) is 0 Å². The van der Waals surface area contributed by atoms with E-state index in [1.807, 2.05) is 36.1 Å². The lowest BCUT2D eigenvalue weighted by atomic mass is 10.1. The van der Waals surface area contributed by atoms with Crippen molar-refractivity contribution in [2.75, 3.05) is 16.8 Å². The number of fused-ring (bicyclic) bond motifs is 1. The van der Waals surface area contributed by atoms with Gasteiger partial charge in [0.15, 0.2) is 0 Å². The summed E-state index contributed by atoms with van der Waals surface area (Å²) in [5, 5.41) is 13.7. The number of amides is 1. The number of carbonyl (C=O) groups excluding carboxylic acids is 1. The summed E-state index contributed by atoms with van der Waals surface area (Å²) in [5.41, 5.74) is 2.87. The number of non-ortho nitro benzene ring substituents is 1. The number of anilines is 2. The predicted octanol–water partition coefficient (Wildman–Crippen LogP) is 2.98. The lowest BCUT2D eigenvalue weighted by Crippen LogP contribution is -2.39. The first kappa shape index (κ1) is 15.0. The molecule has 0 saturated heterocycles. The normalized spacial score (nSPS) is 16.0. The maximum atomic E-state index is 12.5. The fourth-order valence-corrected chi connectivity index (χ4v) is 2.91. The molecule has 118 valence electrons. The molecule has 1 heterocycles. The van der Waals surface area contributed by atoms with Gasteiger partial charge in [-0.25, -0.2) is 0 Å². The minimum Gasteiger partial charge on any atom is -0.376 e. The van der Waals surface area contributed by atoms with Crippen LogP contribution in [0.15, 0.2) is 48.5 Å². The molecule has 2 aromatic rings. The molecule has 3 rings (SSSR count). The molecule has 0 saturated carbocycles. The Morgan fingerprint density at radius 1 is 1.26 bits per heavy atom. The Morgan fingerprint density at radius 2 is 1.96 bits per heavy atom. The number of nitrogens with one attached hydrogen (secondary N) is 1. The van der Waals surface area contributed by atoms with E-state index in [2.05, 4.69) is 5.32 Å². The minimum atomic E-state index is -0.447. The topological polar surface area (TPSA) is 75.5 Å². The molecule has 6 nitrogen and oxygen atoms in total. The monoisotopic (exact) mass is 311 g/mol. The molecule has 0 aliphatic carbocycles. The van der Waals surface area contributed by atoms with E-state index in [9.17, 15) is 14.9 Å². The van der Waals surface area contributed by atoms with Gasteiger partial charge in [-0.3, -0.25) is 14.9 Å². The Kier molecular flexibility index (Phi) is 3.97. The van der Waals surface area contributed by atoms with Crippen LogP contribution in [0.2, 0.25) is 0 Å². The largest absolute Gasteiger partial charge is 0.376 e. The van der Waals surface area contributed by atoms with Crippen LogP contribution >= 0.6 is 0 Å². The van der Waals surface area contributed by atoms with Crippen LogP contribution in [-0.2, 0) is 11.2 Å². The van der Waals surface area contributed by atoms with Gasteiger partial charge in [0.25, 0.3) is 5.69 Å². The molecule has 1 aliphatic rings. The zero-order chi connectivity index (χ0) is 16.4. The van der Waals surface area contributed by atoms with Crippen LogP contribution in [0.5, 0.6) is 0 Å². The van der Waals surface area contributed by atoms with Crippen LogP contribution in [0.4, 0.5) is 17.1 Å². The third-order valence-electron chi connectivity index (χ3n) is 4.00. The quantitative estimate of drug-likeness (QED) is 0.695. The second-order valence-electron chi connectivity index (χ2n) is 5.60. The first-order chi connectivity index (χ1) is 11.1. The maximum absolute atomic E-state index is 12.5. The van der Waals surface area contributed by atoms with Crippen molar-refractivity contribution >= 4 is 23.0 Å². The van der Waals surface area contributed by atoms with Crippen molar-refractivity contribution < 1.29 is 9.72 Å². The van der Waals surface area contributed by atoms with E-state index < -0.39 is 4.92 Å². The lowest BCUT2D eigenvalue weighted by Gasteiger charge is -2.23. The van der Waals surface area contributed by atoms with E-state index in [4.69, 9.17) is 0 Å². The number of benzene rings is 2. The zero-order valence-corrected chi connectivity index (χ0v) is 12.7. The van der Waals surface area contributed by atoms with E-state index in [1.165, 1.54) is 17.7 Å². The number of rotatable bonds is 4. The van der Waals surface area contributed by atoms with E-state index >= 15 is 0 Å². The highest BCUT2D eigenvalue weighted by molar-refractivity contribution is 5.98. The van der Waals surface area contributed by atoms with Crippen LogP contribution in [-0.4, -0.2) is 23.4 Å². The SMILES string of the molecule is C[C@H]1Cc2ccccc2N1C(=O)CNc1ccc([N+](=O)[O-])cc1. The molecule has 0 fully saturated rings. The van der Waals surface area contributed by atoms with Gasteiger partial charge >= 0.3 is 0 Å². The molecule has 0 unspecified atom stereocenters. The van der Waals surface area contributed by atoms with E-state index in [0.29, 0.717) is 5.69 Å². The molecule has 23 heavy (non-hydrogen) atoms. The Hall–Kier alpha value is -2.89. The fraction of sp³-hybridized carbons (Fsp3) is 0.235. The van der Waals surface area contributed by atoms with Crippen LogP contribution in [0.3, 0.4) is 0 Å². The number of carbonyl (C=O) groups is 1. The van der Waals surface area contributed by atoms with Gasteiger partial charge in [0.1, 0.15) is 0 Å². The molecule has 6 heteroatoms. The van der Waals surface area contributed by atoms with Gasteiger partial charge < -0.3 is 10.2 Å². The maximum Gasteiger partial charge on any atom is 0.269 e. The molecule has 1 amide bonds. The standard InChI is InChI=1S/C17H17N3O3/c1-12-10-13-4-2-3-5-16(13)19(12)17(21)11-18-14-6-8-15(9-7-14)20(22)23/h2-9,12,18H,10-11H2,1H3/t12-/m0/s1. The number of nitrogens with zero attached hydrogens (tertiary/aromatic N) is 2. The van der Waals surface area contributed by atoms with Gasteiger partial charge in [0.05, 0.1) is 11.5 Å². The second-order valence-corrected chi connectivity index (χ2v) is 5.60. The van der Waals surface area contributed by atoms with Gasteiger partial charge in [0, 0.05) is 29.5 Å². The van der Waals surface area contributed by atoms with Crippen molar-refractivity contribution in [3.63, 3.8) is 0 Å². The number of nitro benzene ring substituents is 1. The second kappa shape index (κ2) is 6.08. The van der Waals surface area contributed by atoms with Crippen molar-refractivity contribution in [2.45, 2.75) is 19.4 Å². The Bertz CT molecular complexity index is 743. The lowest BCUT2D eigenvalue weighted by molar-refractivity contribution is -0.384. The summed E-state index contributed by atoms with van der Waals surface area (Å²) in [7, 11) is 0. The van der Waals surface area contributed by atoms with Gasteiger partial charge in [-0.2, -0.15) is 0 Å². The highest BCUT2D eigenvalue weighted by Gasteiger charge is 2.30. The summed E-state index contributed by atoms with van der Waals surface area (Å²) in [6.45, 7) is 2.18. The minimum absolute atomic E-state index is 0.0131. The molecule has 0 bridgehead atoms. The Balaban J connectivity index is 1.67. The molecule has 1 N–H and O–H groups in total. The van der Waals surface area contributed by atoms with Crippen molar-refractivity contribution in [3.8, 4) is 0 Å². The van der Waals surface area contributed by atoms with Crippen LogP contribution in [0, 0.1) is 10.1 Å². The summed E-state index contributed by atoms with van der Waals surface area (Å²) in [4.78, 5) is 24.5. The van der Waals surface area contributed by atoms with Gasteiger partial charge in [-0.05, 0) is 37.1 Å². The molecule has 0 spiro atoms. The fourth-order valence-electron chi connectivity index (χ4n) is 2.91. The summed E-state index contributed by atoms with van der Waals surface area (Å²) < 4.78 is 0. The zero-order valence-electron chi connectivity index (χ0n) is 12.7. The van der Waals surface area contributed by atoms with Gasteiger partial charge in [0.2, 0.25) is 5.91 Å². The number of para-hydroxylation sites is 1. The average Bonchev–Trinajstić information content (AvgIpc) is 2.88. The number of nitro groups is 1. The molecule has 1 atom stereocenters. The van der Waals surface area contributed by atoms with Gasteiger partial charge in [-0.15, -0.1) is 0 Å². The molecular formula is C17H17N3O3. The van der Waals surface area contributed by atoms with E-state index in [1.54, 1.807) is 12.1 Å². The summed E-state index contributed by atoms with van der Waals surface area (Å²) in [5.74, 6) is -0.0131. The Labute approximate surface area is 133 Å². The van der Waals surface area contributed by atoms with Crippen LogP contribution in [0.25, 0.3) is 0 Å². The number of hydrogen-bond donors (Lipinski definition) is 1. The third-order valence-corrected chi connectivity index (χ3v) is 4.00. The third kappa shape index (κ3) is 3.01. The summed E-state index contributed by atoms with van der Waals surface area (Å²) >= 11 is 0. The first-order valence-corrected chi connectivity index (χ1v) is 7.44. The molecule has 0 aromatic heterocycles. The molecular weight excluding hydrogens is 294 g/mol. The smallest absolute Gasteiger partial charge is 0.269 e. The van der Waals surface area contributed by atoms with Crippen LogP contribution in [0.1, 0.15) is 12.5 Å². The molecule has 2 aromatic carbocycles. The molecule has 0 radical (unpaired) electrons. The summed E-state index contributed by atoms with van der Waals surface area (Å²) in [6, 6.07) is 14.1. The molecule has 1 aliphatic heterocycles. The van der Waals surface area contributed by atoms with Crippen molar-refractivity contribution in [1.82, 2.24) is 0 Å². The average molecular weight is 311 g/mol. The van der Waals surface area contributed by atoms with Crippen LogP contribution < -0.4 is 10.2 Å². The number of hydrogen-bond acceptors (Lipinski definition) is 4. The van der Waals surface area contributed by atoms with Crippen molar-refractivity contribution in [1.29, 1.82) is 0 Å². The van der Waals surface area contributed by atoms with E-state index in [-0.39, 0.29) is 24.2 Å². The highest BCUT2D eigenvalue weighted by Crippen LogP contribution is 2.31. The Morgan fingerprint density at radius 3 is 2.65 bits per heavy atom. The summed E-state index contributed by atoms with van der Waals surface area (Å²) in [6.07, 6.45) is 0.861. The van der Waals surface area contributed by atoms with E-state index in [0.717, 1.165) is 12.1 Å². The van der Waals surface area contributed by atoms with Gasteiger partial charge in [-0.1, -0.05) is 18.2 Å². The predicted molar refractivity (Wildman–Crippen MR) is 88.7 cm³/mol. The van der Waals surface area contributed by atoms with Crippen molar-refractivity contribution in [3.05, 3.63) is 64.2 Å². The highest BCUT2D eigenvalue weighted by atomic mass is 16.6.